The van der Waals surface area contributed by atoms with Crippen LogP contribution in [0, 0.1) is 5.92 Å². The topological polar surface area (TPSA) is 55.0 Å². The van der Waals surface area contributed by atoms with Gasteiger partial charge in [0.05, 0.1) is 12.4 Å². The first-order valence-electron chi connectivity index (χ1n) is 6.01. The number of nitrogens with two attached hydrogens (primary N) is 1. The molecular formula is C12H20N4. The summed E-state index contributed by atoms with van der Waals surface area (Å²) in [6.45, 7) is 5.55. The minimum absolute atomic E-state index is 0.507. The summed E-state index contributed by atoms with van der Waals surface area (Å²) in [7, 11) is 0. The molecule has 2 N–H and O–H groups in total. The van der Waals surface area contributed by atoms with Crippen LogP contribution in [0.5, 0.6) is 0 Å². The molecule has 88 valence electrons. The van der Waals surface area contributed by atoms with Crippen molar-refractivity contribution < 1.29 is 0 Å². The van der Waals surface area contributed by atoms with Crippen LogP contribution in [0.15, 0.2) is 12.4 Å². The Kier molecular flexibility index (Phi) is 3.27. The summed E-state index contributed by atoms with van der Waals surface area (Å²) in [5.74, 6) is 2.16. The highest BCUT2D eigenvalue weighted by atomic mass is 15.2. The Hall–Kier alpha value is -1.32. The average Bonchev–Trinajstić information content (AvgIpc) is 3.02. The summed E-state index contributed by atoms with van der Waals surface area (Å²) in [6.07, 6.45) is 7.14. The second-order valence-corrected chi connectivity index (χ2v) is 4.91. The van der Waals surface area contributed by atoms with Gasteiger partial charge in [-0.2, -0.15) is 0 Å². The molecule has 16 heavy (non-hydrogen) atoms. The van der Waals surface area contributed by atoms with Crippen LogP contribution in [-0.4, -0.2) is 22.6 Å². The molecule has 1 aromatic rings. The first-order valence-corrected chi connectivity index (χ1v) is 6.01. The molecule has 1 aliphatic carbocycles. The molecule has 0 bridgehead atoms. The van der Waals surface area contributed by atoms with E-state index in [4.69, 9.17) is 5.73 Å². The van der Waals surface area contributed by atoms with Crippen molar-refractivity contribution in [1.82, 2.24) is 9.97 Å². The SMILES string of the molecule is CC(C)CCN(c1cncc(N)n1)C1CC1. The number of nitrogens with zero attached hydrogens (tertiary/aromatic N) is 3. The molecule has 4 heteroatoms. The molecular weight excluding hydrogens is 200 g/mol. The molecule has 0 aromatic carbocycles. The molecule has 0 saturated heterocycles. The van der Waals surface area contributed by atoms with Crippen LogP contribution in [-0.2, 0) is 0 Å². The smallest absolute Gasteiger partial charge is 0.149 e. The molecule has 0 unspecified atom stereocenters. The minimum Gasteiger partial charge on any atom is -0.382 e. The van der Waals surface area contributed by atoms with Gasteiger partial charge in [-0.3, -0.25) is 4.98 Å². The Morgan fingerprint density at radius 3 is 2.75 bits per heavy atom. The van der Waals surface area contributed by atoms with Gasteiger partial charge in [-0.1, -0.05) is 13.8 Å². The number of anilines is 2. The lowest BCUT2D eigenvalue weighted by molar-refractivity contribution is 0.568. The summed E-state index contributed by atoms with van der Waals surface area (Å²) in [5, 5.41) is 0. The van der Waals surface area contributed by atoms with Gasteiger partial charge < -0.3 is 10.6 Å². The van der Waals surface area contributed by atoms with Gasteiger partial charge in [0.1, 0.15) is 11.6 Å². The Balaban J connectivity index is 2.06. The maximum absolute atomic E-state index is 5.67. The van der Waals surface area contributed by atoms with Gasteiger partial charge in [0.15, 0.2) is 0 Å². The van der Waals surface area contributed by atoms with Gasteiger partial charge >= 0.3 is 0 Å². The van der Waals surface area contributed by atoms with Gasteiger partial charge in [-0.15, -0.1) is 0 Å². The molecule has 1 fully saturated rings. The summed E-state index contributed by atoms with van der Waals surface area (Å²) >= 11 is 0. The third-order valence-corrected chi connectivity index (χ3v) is 2.87. The third-order valence-electron chi connectivity index (χ3n) is 2.87. The molecule has 2 rings (SSSR count). The molecule has 4 nitrogen and oxygen atoms in total. The van der Waals surface area contributed by atoms with Gasteiger partial charge in [0.25, 0.3) is 0 Å². The summed E-state index contributed by atoms with van der Waals surface area (Å²) in [6, 6.07) is 0.662. The molecule has 1 aromatic heterocycles. The molecule has 1 aliphatic rings. The van der Waals surface area contributed by atoms with E-state index in [1.54, 1.807) is 6.20 Å². The standard InChI is InChI=1S/C12H20N4/c1-9(2)5-6-16(10-3-4-10)12-8-14-7-11(13)15-12/h7-10H,3-6H2,1-2H3,(H2,13,15). The zero-order chi connectivity index (χ0) is 11.5. The number of hydrogen-bond acceptors (Lipinski definition) is 4. The highest BCUT2D eigenvalue weighted by Gasteiger charge is 2.30. The van der Waals surface area contributed by atoms with Crippen molar-refractivity contribution in [1.29, 1.82) is 0 Å². The van der Waals surface area contributed by atoms with Crippen LogP contribution in [0.2, 0.25) is 0 Å². The second-order valence-electron chi connectivity index (χ2n) is 4.91. The van der Waals surface area contributed by atoms with Crippen molar-refractivity contribution in [3.63, 3.8) is 0 Å². The van der Waals surface area contributed by atoms with Crippen LogP contribution in [0.25, 0.3) is 0 Å². The molecule has 0 radical (unpaired) electrons. The lowest BCUT2D eigenvalue weighted by atomic mass is 10.1. The lowest BCUT2D eigenvalue weighted by Gasteiger charge is -2.24. The maximum Gasteiger partial charge on any atom is 0.149 e. The second kappa shape index (κ2) is 4.68. The Bertz CT molecular complexity index is 347. The van der Waals surface area contributed by atoms with E-state index >= 15 is 0 Å². The van der Waals surface area contributed by atoms with Crippen molar-refractivity contribution in [3.8, 4) is 0 Å². The van der Waals surface area contributed by atoms with Crippen molar-refractivity contribution in [2.24, 2.45) is 5.92 Å². The number of rotatable bonds is 5. The van der Waals surface area contributed by atoms with Gasteiger partial charge in [-0.25, -0.2) is 4.98 Å². The fraction of sp³-hybridized carbons (Fsp3) is 0.667. The van der Waals surface area contributed by atoms with Gasteiger partial charge in [0.2, 0.25) is 0 Å². The summed E-state index contributed by atoms with van der Waals surface area (Å²) in [4.78, 5) is 10.8. The van der Waals surface area contributed by atoms with E-state index in [1.807, 2.05) is 6.20 Å². The zero-order valence-electron chi connectivity index (χ0n) is 10.1. The first kappa shape index (κ1) is 11.2. The Labute approximate surface area is 96.9 Å². The molecule has 0 aliphatic heterocycles. The van der Waals surface area contributed by atoms with Crippen molar-refractivity contribution >= 4 is 11.6 Å². The van der Waals surface area contributed by atoms with E-state index in [0.717, 1.165) is 18.3 Å². The minimum atomic E-state index is 0.507. The third kappa shape index (κ3) is 2.84. The van der Waals surface area contributed by atoms with Gasteiger partial charge in [-0.05, 0) is 25.2 Å². The van der Waals surface area contributed by atoms with Gasteiger partial charge in [0, 0.05) is 12.6 Å². The molecule has 1 saturated carbocycles. The first-order chi connectivity index (χ1) is 7.66. The van der Waals surface area contributed by atoms with E-state index in [-0.39, 0.29) is 0 Å². The Morgan fingerprint density at radius 2 is 2.19 bits per heavy atom. The van der Waals surface area contributed by atoms with E-state index in [1.165, 1.54) is 19.3 Å². The van der Waals surface area contributed by atoms with Crippen LogP contribution < -0.4 is 10.6 Å². The fourth-order valence-electron chi connectivity index (χ4n) is 1.78. The number of nitrogen functional groups attached to an aromatic ring is 1. The summed E-state index contributed by atoms with van der Waals surface area (Å²) in [5.41, 5.74) is 5.67. The van der Waals surface area contributed by atoms with E-state index < -0.39 is 0 Å². The molecule has 0 atom stereocenters. The number of aromatic nitrogens is 2. The fourth-order valence-corrected chi connectivity index (χ4v) is 1.78. The van der Waals surface area contributed by atoms with E-state index in [2.05, 4.69) is 28.7 Å². The summed E-state index contributed by atoms with van der Waals surface area (Å²) < 4.78 is 0. The quantitative estimate of drug-likeness (QED) is 0.825. The van der Waals surface area contributed by atoms with Crippen LogP contribution in [0.4, 0.5) is 11.6 Å². The largest absolute Gasteiger partial charge is 0.382 e. The van der Waals surface area contributed by atoms with Crippen LogP contribution in [0.1, 0.15) is 33.1 Å². The molecule has 0 spiro atoms. The maximum atomic E-state index is 5.67. The van der Waals surface area contributed by atoms with Crippen molar-refractivity contribution in [2.75, 3.05) is 17.2 Å². The van der Waals surface area contributed by atoms with Crippen molar-refractivity contribution in [2.45, 2.75) is 39.2 Å². The highest BCUT2D eigenvalue weighted by molar-refractivity contribution is 5.43. The Morgan fingerprint density at radius 1 is 1.44 bits per heavy atom. The van der Waals surface area contributed by atoms with Crippen LogP contribution in [0.3, 0.4) is 0 Å². The number of hydrogen-bond donors (Lipinski definition) is 1. The average molecular weight is 220 g/mol. The van der Waals surface area contributed by atoms with E-state index in [9.17, 15) is 0 Å². The predicted molar refractivity (Wildman–Crippen MR) is 66.3 cm³/mol. The zero-order valence-corrected chi connectivity index (χ0v) is 10.1. The monoisotopic (exact) mass is 220 g/mol. The van der Waals surface area contributed by atoms with Crippen molar-refractivity contribution in [3.05, 3.63) is 12.4 Å². The predicted octanol–water partition coefficient (Wildman–Crippen LogP) is 2.07. The van der Waals surface area contributed by atoms with E-state index in [0.29, 0.717) is 11.9 Å². The lowest BCUT2D eigenvalue weighted by Crippen LogP contribution is -2.28. The van der Waals surface area contributed by atoms with Crippen LogP contribution >= 0.6 is 0 Å². The molecule has 1 heterocycles. The normalized spacial score (nSPS) is 15.4. The molecule has 0 amide bonds. The highest BCUT2D eigenvalue weighted by Crippen LogP contribution is 2.31.